The minimum absolute atomic E-state index is 0.119. The van der Waals surface area contributed by atoms with Crippen molar-refractivity contribution in [1.82, 2.24) is 5.32 Å². The summed E-state index contributed by atoms with van der Waals surface area (Å²) < 4.78 is 33.3. The van der Waals surface area contributed by atoms with E-state index in [0.717, 1.165) is 5.56 Å². The minimum atomic E-state index is -0.536. The van der Waals surface area contributed by atoms with Crippen LogP contribution < -0.4 is 10.1 Å². The first-order valence-corrected chi connectivity index (χ1v) is 7.03. The normalized spacial score (nSPS) is 14.2. The molecule has 2 nitrogen and oxygen atoms in total. The Labute approximate surface area is 122 Å². The molecule has 0 saturated heterocycles. The van der Waals surface area contributed by atoms with E-state index in [1.807, 2.05) is 0 Å². The van der Waals surface area contributed by atoms with Gasteiger partial charge >= 0.3 is 0 Å². The highest BCUT2D eigenvalue weighted by molar-refractivity contribution is 5.67. The van der Waals surface area contributed by atoms with E-state index in [1.54, 1.807) is 24.3 Å². The van der Waals surface area contributed by atoms with Crippen LogP contribution in [0.2, 0.25) is 0 Å². The fourth-order valence-electron chi connectivity index (χ4n) is 2.31. The van der Waals surface area contributed by atoms with E-state index >= 15 is 0 Å². The zero-order valence-electron chi connectivity index (χ0n) is 11.8. The number of rotatable bonds is 5. The number of nitrogens with one attached hydrogen (secondary N) is 1. The van der Waals surface area contributed by atoms with Crippen LogP contribution in [0.15, 0.2) is 36.4 Å². The highest BCUT2D eigenvalue weighted by Gasteiger charge is 2.20. The number of methoxy groups -OCH3 is 1. The van der Waals surface area contributed by atoms with Gasteiger partial charge < -0.3 is 10.1 Å². The Balaban J connectivity index is 1.94. The Morgan fingerprint density at radius 2 is 1.95 bits per heavy atom. The van der Waals surface area contributed by atoms with Crippen molar-refractivity contribution in [2.45, 2.75) is 25.4 Å². The smallest absolute Gasteiger partial charge is 0.172 e. The summed E-state index contributed by atoms with van der Waals surface area (Å²) in [5.41, 5.74) is 1.43. The molecule has 1 saturated carbocycles. The summed E-state index contributed by atoms with van der Waals surface area (Å²) in [6.07, 6.45) is 2.39. The van der Waals surface area contributed by atoms with Crippen LogP contribution in [0.1, 0.15) is 18.4 Å². The van der Waals surface area contributed by atoms with Crippen LogP contribution in [0.25, 0.3) is 11.1 Å². The van der Waals surface area contributed by atoms with Crippen LogP contribution in [0.5, 0.6) is 5.75 Å². The van der Waals surface area contributed by atoms with Crippen LogP contribution in [-0.4, -0.2) is 13.2 Å². The first-order valence-electron chi connectivity index (χ1n) is 7.03. The molecule has 110 valence electrons. The van der Waals surface area contributed by atoms with Crippen LogP contribution in [0.4, 0.5) is 8.78 Å². The molecule has 3 rings (SSSR count). The molecular formula is C17H17F2NO. The zero-order chi connectivity index (χ0) is 14.8. The van der Waals surface area contributed by atoms with E-state index in [-0.39, 0.29) is 16.9 Å². The van der Waals surface area contributed by atoms with Gasteiger partial charge in [-0.15, -0.1) is 0 Å². The van der Waals surface area contributed by atoms with Crippen LogP contribution >= 0.6 is 0 Å². The molecule has 1 N–H and O–H groups in total. The van der Waals surface area contributed by atoms with Crippen molar-refractivity contribution in [3.8, 4) is 16.9 Å². The molecule has 0 aromatic heterocycles. The van der Waals surface area contributed by atoms with Gasteiger partial charge in [-0.2, -0.15) is 0 Å². The van der Waals surface area contributed by atoms with Gasteiger partial charge in [-0.3, -0.25) is 0 Å². The van der Waals surface area contributed by atoms with Crippen molar-refractivity contribution in [2.24, 2.45) is 0 Å². The third-order valence-corrected chi connectivity index (χ3v) is 3.68. The number of hydrogen-bond acceptors (Lipinski definition) is 2. The van der Waals surface area contributed by atoms with E-state index in [2.05, 4.69) is 5.32 Å². The molecule has 0 heterocycles. The number of benzene rings is 2. The quantitative estimate of drug-likeness (QED) is 0.901. The predicted molar refractivity (Wildman–Crippen MR) is 78.2 cm³/mol. The molecule has 1 aliphatic carbocycles. The van der Waals surface area contributed by atoms with E-state index in [4.69, 9.17) is 4.74 Å². The lowest BCUT2D eigenvalue weighted by Gasteiger charge is -2.11. The lowest BCUT2D eigenvalue weighted by Crippen LogP contribution is -2.15. The molecule has 4 heteroatoms. The number of ether oxygens (including phenoxy) is 1. The molecule has 0 radical (unpaired) electrons. The summed E-state index contributed by atoms with van der Waals surface area (Å²) in [5.74, 6) is -0.850. The lowest BCUT2D eigenvalue weighted by molar-refractivity contribution is 0.387. The molecule has 0 amide bonds. The van der Waals surface area contributed by atoms with Gasteiger partial charge in [0, 0.05) is 23.7 Å². The van der Waals surface area contributed by atoms with E-state index in [9.17, 15) is 8.78 Å². The topological polar surface area (TPSA) is 21.3 Å². The van der Waals surface area contributed by atoms with Crippen LogP contribution in [0, 0.1) is 11.6 Å². The Bertz CT molecular complexity index is 653. The van der Waals surface area contributed by atoms with E-state index < -0.39 is 11.6 Å². The molecule has 0 unspecified atom stereocenters. The molecule has 0 spiro atoms. The first kappa shape index (κ1) is 14.0. The number of halogens is 2. The van der Waals surface area contributed by atoms with E-state index in [1.165, 1.54) is 32.1 Å². The molecule has 1 aliphatic rings. The van der Waals surface area contributed by atoms with Crippen molar-refractivity contribution in [3.05, 3.63) is 53.6 Å². The monoisotopic (exact) mass is 289 g/mol. The second-order valence-corrected chi connectivity index (χ2v) is 5.29. The van der Waals surface area contributed by atoms with Gasteiger partial charge in [0.1, 0.15) is 5.82 Å². The standard InChI is InChI=1S/C17H17F2NO/c1-21-16-4-2-3-13(17(16)19)14-9-11(5-8-15(14)18)10-20-12-6-7-12/h2-5,8-9,12,20H,6-7,10H2,1H3. The van der Waals surface area contributed by atoms with Gasteiger partial charge in [0.05, 0.1) is 7.11 Å². The highest BCUT2D eigenvalue weighted by atomic mass is 19.1. The Hall–Kier alpha value is -1.94. The average Bonchev–Trinajstić information content (AvgIpc) is 3.31. The Morgan fingerprint density at radius 1 is 1.14 bits per heavy atom. The SMILES string of the molecule is COc1cccc(-c2cc(CNC3CC3)ccc2F)c1F. The lowest BCUT2D eigenvalue weighted by atomic mass is 10.0. The maximum absolute atomic E-state index is 14.3. The summed E-state index contributed by atoms with van der Waals surface area (Å²) >= 11 is 0. The molecule has 0 bridgehead atoms. The third-order valence-electron chi connectivity index (χ3n) is 3.68. The fourth-order valence-corrected chi connectivity index (χ4v) is 2.31. The summed E-state index contributed by atoms with van der Waals surface area (Å²) in [6.45, 7) is 0.670. The maximum atomic E-state index is 14.3. The summed E-state index contributed by atoms with van der Waals surface area (Å²) in [6, 6.07) is 10.1. The van der Waals surface area contributed by atoms with Crippen molar-refractivity contribution in [3.63, 3.8) is 0 Å². The second-order valence-electron chi connectivity index (χ2n) is 5.29. The molecule has 0 atom stereocenters. The Kier molecular flexibility index (Phi) is 3.88. The zero-order valence-corrected chi connectivity index (χ0v) is 11.8. The Morgan fingerprint density at radius 3 is 2.67 bits per heavy atom. The van der Waals surface area contributed by atoms with Crippen molar-refractivity contribution >= 4 is 0 Å². The highest BCUT2D eigenvalue weighted by Crippen LogP contribution is 2.31. The van der Waals surface area contributed by atoms with Crippen molar-refractivity contribution in [1.29, 1.82) is 0 Å². The summed E-state index contributed by atoms with van der Waals surface area (Å²) in [4.78, 5) is 0. The summed E-state index contributed by atoms with van der Waals surface area (Å²) in [7, 11) is 1.40. The van der Waals surface area contributed by atoms with Crippen LogP contribution in [0.3, 0.4) is 0 Å². The van der Waals surface area contributed by atoms with Crippen LogP contribution in [-0.2, 0) is 6.54 Å². The predicted octanol–water partition coefficient (Wildman–Crippen LogP) is 3.89. The largest absolute Gasteiger partial charge is 0.494 e. The van der Waals surface area contributed by atoms with E-state index in [0.29, 0.717) is 12.6 Å². The molecule has 1 fully saturated rings. The first-order chi connectivity index (χ1) is 10.2. The van der Waals surface area contributed by atoms with Crippen molar-refractivity contribution < 1.29 is 13.5 Å². The average molecular weight is 289 g/mol. The van der Waals surface area contributed by atoms with Gasteiger partial charge in [0.2, 0.25) is 0 Å². The second kappa shape index (κ2) is 5.82. The van der Waals surface area contributed by atoms with Gasteiger partial charge in [0.15, 0.2) is 11.6 Å². The third kappa shape index (κ3) is 3.05. The van der Waals surface area contributed by atoms with Gasteiger partial charge in [-0.25, -0.2) is 8.78 Å². The molecule has 0 aliphatic heterocycles. The summed E-state index contributed by atoms with van der Waals surface area (Å²) in [5, 5.41) is 3.37. The molecule has 2 aromatic carbocycles. The number of hydrogen-bond donors (Lipinski definition) is 1. The van der Waals surface area contributed by atoms with Gasteiger partial charge in [0.25, 0.3) is 0 Å². The van der Waals surface area contributed by atoms with Gasteiger partial charge in [-0.05, 0) is 36.6 Å². The fraction of sp³-hybridized carbons (Fsp3) is 0.294. The maximum Gasteiger partial charge on any atom is 0.172 e. The molecular weight excluding hydrogens is 272 g/mol. The molecule has 2 aromatic rings. The van der Waals surface area contributed by atoms with Gasteiger partial charge in [-0.1, -0.05) is 18.2 Å². The minimum Gasteiger partial charge on any atom is -0.494 e. The van der Waals surface area contributed by atoms with Crippen molar-refractivity contribution in [2.75, 3.05) is 7.11 Å². The molecule has 21 heavy (non-hydrogen) atoms.